The number of likely N-dealkylation sites (N-methyl/N-ethyl adjacent to an activating group) is 1. The third-order valence-electron chi connectivity index (χ3n) is 2.53. The molecule has 108 valence electrons. The molecule has 3 nitrogen and oxygen atoms in total. The van der Waals surface area contributed by atoms with Crippen LogP contribution in [-0.2, 0) is 11.2 Å². The molecule has 0 heterocycles. The average molecular weight is 293 g/mol. The van der Waals surface area contributed by atoms with Crippen LogP contribution >= 0.6 is 12.4 Å². The fourth-order valence-corrected chi connectivity index (χ4v) is 1.55. The van der Waals surface area contributed by atoms with Crippen molar-refractivity contribution in [1.82, 2.24) is 10.6 Å². The van der Waals surface area contributed by atoms with Gasteiger partial charge < -0.3 is 10.6 Å². The molecule has 0 bridgehead atoms. The Bertz CT molecular complexity index is 402. The molecule has 1 rings (SSSR count). The van der Waals surface area contributed by atoms with E-state index in [-0.39, 0.29) is 36.7 Å². The van der Waals surface area contributed by atoms with E-state index >= 15 is 0 Å². The van der Waals surface area contributed by atoms with Crippen LogP contribution in [0.15, 0.2) is 18.2 Å². The Morgan fingerprint density at radius 1 is 1.26 bits per heavy atom. The van der Waals surface area contributed by atoms with Crippen molar-refractivity contribution in [1.29, 1.82) is 0 Å². The zero-order chi connectivity index (χ0) is 13.4. The second-order valence-corrected chi connectivity index (χ2v) is 3.92. The fraction of sp³-hybridized carbons (Fsp3) is 0.462. The first-order valence-electron chi connectivity index (χ1n) is 6.05. The standard InChI is InChI=1S/C13H18F2N2O.ClH/c1-2-16-8-9-17-12(18)7-6-10-4-3-5-11(14)13(10)15;/h3-5,16H,2,6-9H2,1H3,(H,17,18);1H. The highest BCUT2D eigenvalue weighted by atomic mass is 35.5. The van der Waals surface area contributed by atoms with Gasteiger partial charge in [0.1, 0.15) is 0 Å². The Morgan fingerprint density at radius 2 is 2.00 bits per heavy atom. The summed E-state index contributed by atoms with van der Waals surface area (Å²) in [4.78, 5) is 11.4. The molecule has 0 saturated carbocycles. The number of halogens is 3. The maximum Gasteiger partial charge on any atom is 0.220 e. The summed E-state index contributed by atoms with van der Waals surface area (Å²) in [6, 6.07) is 4.00. The van der Waals surface area contributed by atoms with E-state index in [9.17, 15) is 13.6 Å². The van der Waals surface area contributed by atoms with Crippen LogP contribution in [0.3, 0.4) is 0 Å². The third kappa shape index (κ3) is 6.50. The van der Waals surface area contributed by atoms with Crippen molar-refractivity contribution in [3.63, 3.8) is 0 Å². The summed E-state index contributed by atoms with van der Waals surface area (Å²) < 4.78 is 26.2. The quantitative estimate of drug-likeness (QED) is 0.755. The van der Waals surface area contributed by atoms with Crippen LogP contribution in [-0.4, -0.2) is 25.5 Å². The van der Waals surface area contributed by atoms with Crippen LogP contribution in [0.1, 0.15) is 18.9 Å². The largest absolute Gasteiger partial charge is 0.355 e. The first kappa shape index (κ1) is 17.8. The van der Waals surface area contributed by atoms with Gasteiger partial charge in [-0.15, -0.1) is 12.4 Å². The number of carbonyl (C=O) groups excluding carboxylic acids is 1. The van der Waals surface area contributed by atoms with E-state index in [1.54, 1.807) is 0 Å². The highest BCUT2D eigenvalue weighted by Crippen LogP contribution is 2.12. The molecule has 0 aromatic heterocycles. The molecule has 6 heteroatoms. The SMILES string of the molecule is CCNCCNC(=O)CCc1cccc(F)c1F.Cl. The minimum atomic E-state index is -0.875. The molecule has 19 heavy (non-hydrogen) atoms. The minimum Gasteiger partial charge on any atom is -0.355 e. The van der Waals surface area contributed by atoms with Crippen molar-refractivity contribution in [3.05, 3.63) is 35.4 Å². The Morgan fingerprint density at radius 3 is 2.68 bits per heavy atom. The summed E-state index contributed by atoms with van der Waals surface area (Å²) in [6.07, 6.45) is 0.364. The molecule has 2 N–H and O–H groups in total. The molecule has 0 aliphatic carbocycles. The maximum atomic E-state index is 13.3. The molecule has 0 radical (unpaired) electrons. The molecular formula is C13H19ClF2N2O. The van der Waals surface area contributed by atoms with Crippen LogP contribution < -0.4 is 10.6 Å². The Kier molecular flexibility index (Phi) is 9.08. The number of hydrogen-bond acceptors (Lipinski definition) is 2. The molecule has 0 aliphatic rings. The summed E-state index contributed by atoms with van der Waals surface area (Å²) in [6.45, 7) is 4.08. The zero-order valence-corrected chi connectivity index (χ0v) is 11.7. The lowest BCUT2D eigenvalue weighted by atomic mass is 10.1. The van der Waals surface area contributed by atoms with Crippen LogP contribution in [0.4, 0.5) is 8.78 Å². The second kappa shape index (κ2) is 9.69. The minimum absolute atomic E-state index is 0. The summed E-state index contributed by atoms with van der Waals surface area (Å²) in [5.41, 5.74) is 0.233. The van der Waals surface area contributed by atoms with E-state index in [1.807, 2.05) is 6.92 Å². The molecular weight excluding hydrogens is 274 g/mol. The zero-order valence-electron chi connectivity index (χ0n) is 10.8. The fourth-order valence-electron chi connectivity index (χ4n) is 1.55. The average Bonchev–Trinajstić information content (AvgIpc) is 2.36. The normalized spacial score (nSPS) is 9.84. The van der Waals surface area contributed by atoms with Crippen molar-refractivity contribution in [3.8, 4) is 0 Å². The summed E-state index contributed by atoms with van der Waals surface area (Å²) in [5, 5.41) is 5.77. The second-order valence-electron chi connectivity index (χ2n) is 3.92. The first-order chi connectivity index (χ1) is 8.65. The van der Waals surface area contributed by atoms with Gasteiger partial charge in [-0.2, -0.15) is 0 Å². The Labute approximate surface area is 118 Å². The van der Waals surface area contributed by atoms with E-state index in [2.05, 4.69) is 10.6 Å². The number of hydrogen-bond donors (Lipinski definition) is 2. The molecule has 0 aliphatic heterocycles. The van der Waals surface area contributed by atoms with Gasteiger partial charge in [0.2, 0.25) is 5.91 Å². The van der Waals surface area contributed by atoms with E-state index in [0.29, 0.717) is 13.1 Å². The number of carbonyl (C=O) groups is 1. The van der Waals surface area contributed by atoms with Gasteiger partial charge in [0.15, 0.2) is 11.6 Å². The van der Waals surface area contributed by atoms with Gasteiger partial charge in [-0.3, -0.25) is 4.79 Å². The molecule has 0 fully saturated rings. The van der Waals surface area contributed by atoms with Gasteiger partial charge in [-0.05, 0) is 24.6 Å². The smallest absolute Gasteiger partial charge is 0.220 e. The van der Waals surface area contributed by atoms with Crippen LogP contribution in [0.25, 0.3) is 0 Å². The number of amides is 1. The van der Waals surface area contributed by atoms with E-state index in [4.69, 9.17) is 0 Å². The number of aryl methyl sites for hydroxylation is 1. The maximum absolute atomic E-state index is 13.3. The molecule has 1 amide bonds. The van der Waals surface area contributed by atoms with Gasteiger partial charge in [0.25, 0.3) is 0 Å². The van der Waals surface area contributed by atoms with Crippen molar-refractivity contribution in [2.45, 2.75) is 19.8 Å². The number of benzene rings is 1. The van der Waals surface area contributed by atoms with Crippen molar-refractivity contribution in [2.75, 3.05) is 19.6 Å². The molecule has 0 spiro atoms. The molecule has 0 atom stereocenters. The highest BCUT2D eigenvalue weighted by Gasteiger charge is 2.09. The topological polar surface area (TPSA) is 41.1 Å². The predicted octanol–water partition coefficient (Wildman–Crippen LogP) is 2.04. The van der Waals surface area contributed by atoms with E-state index < -0.39 is 11.6 Å². The van der Waals surface area contributed by atoms with Gasteiger partial charge in [-0.25, -0.2) is 8.78 Å². The Balaban J connectivity index is 0.00000324. The third-order valence-corrected chi connectivity index (χ3v) is 2.53. The van der Waals surface area contributed by atoms with Crippen molar-refractivity contribution >= 4 is 18.3 Å². The molecule has 1 aromatic carbocycles. The van der Waals surface area contributed by atoms with E-state index in [1.165, 1.54) is 12.1 Å². The van der Waals surface area contributed by atoms with Gasteiger partial charge in [0, 0.05) is 19.5 Å². The predicted molar refractivity (Wildman–Crippen MR) is 73.5 cm³/mol. The van der Waals surface area contributed by atoms with E-state index in [0.717, 1.165) is 12.6 Å². The summed E-state index contributed by atoms with van der Waals surface area (Å²) in [7, 11) is 0. The summed E-state index contributed by atoms with van der Waals surface area (Å²) in [5.74, 6) is -1.89. The number of nitrogens with one attached hydrogen (secondary N) is 2. The van der Waals surface area contributed by atoms with Crippen LogP contribution in [0.2, 0.25) is 0 Å². The first-order valence-corrected chi connectivity index (χ1v) is 6.05. The lowest BCUT2D eigenvalue weighted by Crippen LogP contribution is -2.31. The van der Waals surface area contributed by atoms with Gasteiger partial charge >= 0.3 is 0 Å². The van der Waals surface area contributed by atoms with Crippen molar-refractivity contribution < 1.29 is 13.6 Å². The number of rotatable bonds is 7. The van der Waals surface area contributed by atoms with Crippen LogP contribution in [0, 0.1) is 11.6 Å². The summed E-state index contributed by atoms with van der Waals surface area (Å²) >= 11 is 0. The van der Waals surface area contributed by atoms with Crippen LogP contribution in [0.5, 0.6) is 0 Å². The molecule has 0 unspecified atom stereocenters. The van der Waals surface area contributed by atoms with Gasteiger partial charge in [0.05, 0.1) is 0 Å². The molecule has 0 saturated heterocycles. The van der Waals surface area contributed by atoms with Gasteiger partial charge in [-0.1, -0.05) is 19.1 Å². The lowest BCUT2D eigenvalue weighted by Gasteiger charge is -2.06. The highest BCUT2D eigenvalue weighted by molar-refractivity contribution is 5.85. The molecule has 1 aromatic rings. The monoisotopic (exact) mass is 292 g/mol. The Hall–Kier alpha value is -1.20. The lowest BCUT2D eigenvalue weighted by molar-refractivity contribution is -0.121. The van der Waals surface area contributed by atoms with Crippen molar-refractivity contribution in [2.24, 2.45) is 0 Å².